The molecule has 0 N–H and O–H groups in total. The Hall–Kier alpha value is -2.29. The summed E-state index contributed by atoms with van der Waals surface area (Å²) in [5.74, 6) is 1.15. The van der Waals surface area contributed by atoms with Crippen molar-refractivity contribution in [2.24, 2.45) is 0 Å². The van der Waals surface area contributed by atoms with Crippen LogP contribution in [0.25, 0.3) is 10.9 Å². The van der Waals surface area contributed by atoms with Gasteiger partial charge in [-0.1, -0.05) is 13.3 Å². The molecule has 3 aromatic rings. The van der Waals surface area contributed by atoms with Crippen LogP contribution in [0.5, 0.6) is 11.5 Å². The van der Waals surface area contributed by atoms with Crippen molar-refractivity contribution in [1.82, 2.24) is 4.57 Å². The largest absolute Gasteiger partial charge is 0.457 e. The predicted molar refractivity (Wildman–Crippen MR) is 83.3 cm³/mol. The Balaban J connectivity index is 1.82. The maximum atomic E-state index is 12.9. The number of aromatic nitrogens is 1. The van der Waals surface area contributed by atoms with E-state index in [4.69, 9.17) is 4.74 Å². The average Bonchev–Trinajstić information content (AvgIpc) is 2.90. The summed E-state index contributed by atoms with van der Waals surface area (Å²) >= 11 is 0. The Bertz CT molecular complexity index is 731. The minimum absolute atomic E-state index is 0.259. The molecule has 0 saturated heterocycles. The molecule has 0 radical (unpaired) electrons. The van der Waals surface area contributed by atoms with Gasteiger partial charge in [0, 0.05) is 23.6 Å². The monoisotopic (exact) mass is 283 g/mol. The fraction of sp³-hybridized carbons (Fsp3) is 0.222. The van der Waals surface area contributed by atoms with Crippen molar-refractivity contribution in [3.05, 3.63) is 60.5 Å². The molecule has 21 heavy (non-hydrogen) atoms. The Morgan fingerprint density at radius 2 is 1.76 bits per heavy atom. The van der Waals surface area contributed by atoms with E-state index >= 15 is 0 Å². The van der Waals surface area contributed by atoms with Crippen LogP contribution >= 0.6 is 0 Å². The van der Waals surface area contributed by atoms with E-state index in [0.29, 0.717) is 5.75 Å². The van der Waals surface area contributed by atoms with Crippen molar-refractivity contribution in [2.75, 3.05) is 0 Å². The molecule has 3 heteroatoms. The van der Waals surface area contributed by atoms with Crippen LogP contribution < -0.4 is 4.74 Å². The van der Waals surface area contributed by atoms with Gasteiger partial charge < -0.3 is 9.30 Å². The number of halogens is 1. The molecular formula is C18H18FNO. The molecule has 0 bridgehead atoms. The Labute approximate surface area is 123 Å². The third-order valence-corrected chi connectivity index (χ3v) is 3.54. The molecular weight excluding hydrogens is 265 g/mol. The van der Waals surface area contributed by atoms with Crippen LogP contribution in [-0.2, 0) is 6.54 Å². The third kappa shape index (κ3) is 3.07. The minimum atomic E-state index is -0.259. The zero-order valence-corrected chi connectivity index (χ0v) is 12.1. The van der Waals surface area contributed by atoms with Crippen molar-refractivity contribution in [3.8, 4) is 11.5 Å². The van der Waals surface area contributed by atoms with Gasteiger partial charge in [0.1, 0.15) is 17.3 Å². The lowest BCUT2D eigenvalue weighted by Crippen LogP contribution is -1.94. The lowest BCUT2D eigenvalue weighted by Gasteiger charge is -2.07. The first-order valence-corrected chi connectivity index (χ1v) is 7.28. The number of rotatable bonds is 5. The van der Waals surface area contributed by atoms with Gasteiger partial charge in [-0.15, -0.1) is 0 Å². The van der Waals surface area contributed by atoms with Crippen molar-refractivity contribution in [1.29, 1.82) is 0 Å². The van der Waals surface area contributed by atoms with Gasteiger partial charge in [0.05, 0.1) is 0 Å². The summed E-state index contributed by atoms with van der Waals surface area (Å²) in [6.07, 6.45) is 4.48. The lowest BCUT2D eigenvalue weighted by molar-refractivity contribution is 0.481. The maximum Gasteiger partial charge on any atom is 0.128 e. The number of hydrogen-bond donors (Lipinski definition) is 0. The van der Waals surface area contributed by atoms with Crippen LogP contribution in [0.4, 0.5) is 4.39 Å². The highest BCUT2D eigenvalue weighted by molar-refractivity contribution is 5.81. The molecule has 1 aromatic heterocycles. The highest BCUT2D eigenvalue weighted by Gasteiger charge is 2.04. The quantitative estimate of drug-likeness (QED) is 0.613. The molecule has 0 aliphatic carbocycles. The molecule has 108 valence electrons. The van der Waals surface area contributed by atoms with Crippen molar-refractivity contribution in [2.45, 2.75) is 26.3 Å². The van der Waals surface area contributed by atoms with Crippen LogP contribution in [0.1, 0.15) is 19.8 Å². The van der Waals surface area contributed by atoms with Crippen molar-refractivity contribution in [3.63, 3.8) is 0 Å². The second kappa shape index (κ2) is 6.00. The molecule has 3 rings (SSSR count). The summed E-state index contributed by atoms with van der Waals surface area (Å²) in [7, 11) is 0. The highest BCUT2D eigenvalue weighted by Crippen LogP contribution is 2.26. The van der Waals surface area contributed by atoms with E-state index in [1.165, 1.54) is 30.5 Å². The fourth-order valence-electron chi connectivity index (χ4n) is 2.40. The summed E-state index contributed by atoms with van der Waals surface area (Å²) in [6, 6.07) is 14.2. The normalized spacial score (nSPS) is 11.0. The number of hydrogen-bond acceptors (Lipinski definition) is 1. The molecule has 0 aliphatic heterocycles. The van der Waals surface area contributed by atoms with Crippen LogP contribution in [0.15, 0.2) is 54.7 Å². The lowest BCUT2D eigenvalue weighted by atomic mass is 10.2. The SMILES string of the molecule is CCCCn1ccc2cc(Oc3ccc(F)cc3)ccc21. The molecule has 0 aliphatic rings. The maximum absolute atomic E-state index is 12.9. The molecule has 0 spiro atoms. The van der Waals surface area contributed by atoms with E-state index in [1.807, 2.05) is 12.1 Å². The third-order valence-electron chi connectivity index (χ3n) is 3.54. The van der Waals surface area contributed by atoms with Gasteiger partial charge in [-0.25, -0.2) is 4.39 Å². The molecule has 0 atom stereocenters. The minimum Gasteiger partial charge on any atom is -0.457 e. The standard InChI is InChI=1S/C18H18FNO/c1-2-3-11-20-12-10-14-13-17(8-9-18(14)20)21-16-6-4-15(19)5-7-16/h4-10,12-13H,2-3,11H2,1H3. The molecule has 0 fully saturated rings. The van der Waals surface area contributed by atoms with Gasteiger partial charge in [0.15, 0.2) is 0 Å². The zero-order valence-electron chi connectivity index (χ0n) is 12.1. The summed E-state index contributed by atoms with van der Waals surface area (Å²) in [5, 5.41) is 1.16. The molecule has 0 amide bonds. The summed E-state index contributed by atoms with van der Waals surface area (Å²) < 4.78 is 20.9. The topological polar surface area (TPSA) is 14.2 Å². The van der Waals surface area contributed by atoms with Gasteiger partial charge in [0.25, 0.3) is 0 Å². The Kier molecular flexibility index (Phi) is 3.91. The Morgan fingerprint density at radius 1 is 1.00 bits per heavy atom. The smallest absolute Gasteiger partial charge is 0.128 e. The first-order chi connectivity index (χ1) is 10.3. The van der Waals surface area contributed by atoms with Crippen molar-refractivity contribution < 1.29 is 9.13 Å². The van der Waals surface area contributed by atoms with E-state index < -0.39 is 0 Å². The highest BCUT2D eigenvalue weighted by atomic mass is 19.1. The van der Waals surface area contributed by atoms with E-state index in [1.54, 1.807) is 12.1 Å². The van der Waals surface area contributed by atoms with E-state index in [2.05, 4.69) is 29.8 Å². The van der Waals surface area contributed by atoms with Crippen LogP contribution in [0.3, 0.4) is 0 Å². The van der Waals surface area contributed by atoms with Gasteiger partial charge >= 0.3 is 0 Å². The first kappa shape index (κ1) is 13.7. The number of unbranched alkanes of at least 4 members (excludes halogenated alkanes) is 1. The van der Waals surface area contributed by atoms with Gasteiger partial charge in [-0.05, 0) is 55.0 Å². The second-order valence-corrected chi connectivity index (χ2v) is 5.14. The van der Waals surface area contributed by atoms with Gasteiger partial charge in [-0.3, -0.25) is 0 Å². The summed E-state index contributed by atoms with van der Waals surface area (Å²) in [5.41, 5.74) is 1.22. The second-order valence-electron chi connectivity index (χ2n) is 5.14. The molecule has 1 heterocycles. The van der Waals surface area contributed by atoms with Gasteiger partial charge in [-0.2, -0.15) is 0 Å². The fourth-order valence-corrected chi connectivity index (χ4v) is 2.40. The van der Waals surface area contributed by atoms with Crippen LogP contribution in [0.2, 0.25) is 0 Å². The predicted octanol–water partition coefficient (Wildman–Crippen LogP) is 5.37. The van der Waals surface area contributed by atoms with Crippen molar-refractivity contribution >= 4 is 10.9 Å². The number of aryl methyl sites for hydroxylation is 1. The average molecular weight is 283 g/mol. The number of fused-ring (bicyclic) bond motifs is 1. The van der Waals surface area contributed by atoms with Gasteiger partial charge in [0.2, 0.25) is 0 Å². The molecule has 2 aromatic carbocycles. The zero-order chi connectivity index (χ0) is 14.7. The van der Waals surface area contributed by atoms with E-state index in [9.17, 15) is 4.39 Å². The first-order valence-electron chi connectivity index (χ1n) is 7.28. The number of ether oxygens (including phenoxy) is 1. The molecule has 2 nitrogen and oxygen atoms in total. The van der Waals surface area contributed by atoms with Crippen LogP contribution in [0, 0.1) is 5.82 Å². The summed E-state index contributed by atoms with van der Waals surface area (Å²) in [4.78, 5) is 0. The van der Waals surface area contributed by atoms with E-state index in [-0.39, 0.29) is 5.82 Å². The summed E-state index contributed by atoms with van der Waals surface area (Å²) in [6.45, 7) is 3.23. The van der Waals surface area contributed by atoms with E-state index in [0.717, 1.165) is 17.7 Å². The van der Waals surface area contributed by atoms with Crippen LogP contribution in [-0.4, -0.2) is 4.57 Å². The molecule has 0 unspecified atom stereocenters. The molecule has 0 saturated carbocycles. The Morgan fingerprint density at radius 3 is 2.52 bits per heavy atom. The number of nitrogens with zero attached hydrogens (tertiary/aromatic N) is 1. The number of benzene rings is 2.